The molecule has 35 heavy (non-hydrogen) atoms. The monoisotopic (exact) mass is 495 g/mol. The Labute approximate surface area is 208 Å². The number of ether oxygens (including phenoxy) is 1. The summed E-state index contributed by atoms with van der Waals surface area (Å²) in [7, 11) is -0.589. The summed E-state index contributed by atoms with van der Waals surface area (Å²) in [6.45, 7) is 5.72. The van der Waals surface area contributed by atoms with Gasteiger partial charge >= 0.3 is 7.82 Å². The second kappa shape index (κ2) is 12.2. The maximum atomic E-state index is 11.2. The first-order valence-electron chi connectivity index (χ1n) is 11.8. The smallest absolute Gasteiger partial charge is 0.492 e. The van der Waals surface area contributed by atoms with E-state index in [9.17, 15) is 4.57 Å². The molecule has 0 aliphatic heterocycles. The Hall–Kier alpha value is -2.89. The van der Waals surface area contributed by atoms with E-state index in [2.05, 4.69) is 55.1 Å². The summed E-state index contributed by atoms with van der Waals surface area (Å²) < 4.78 is 21.8. The van der Waals surface area contributed by atoms with Crippen LogP contribution in [0, 0.1) is 0 Å². The van der Waals surface area contributed by atoms with Gasteiger partial charge in [0.05, 0.1) is 0 Å². The number of rotatable bonds is 11. The number of aryl methyl sites for hydroxylation is 1. The first-order chi connectivity index (χ1) is 16.7. The quantitative estimate of drug-likeness (QED) is 0.250. The number of likely N-dealkylation sites (N-methyl/N-ethyl adjacent to an activating group) is 1. The Morgan fingerprint density at radius 2 is 1.31 bits per heavy atom. The molecule has 186 valence electrons. The summed E-state index contributed by atoms with van der Waals surface area (Å²) in [5, 5.41) is 0. The Bertz CT molecular complexity index is 1160. The van der Waals surface area contributed by atoms with Crippen LogP contribution in [0.25, 0.3) is 11.1 Å². The van der Waals surface area contributed by atoms with Gasteiger partial charge in [-0.3, -0.25) is 9.79 Å². The van der Waals surface area contributed by atoms with Gasteiger partial charge in [0.25, 0.3) is 0 Å². The molecular weight excluding hydrogens is 461 g/mol. The molecule has 0 saturated carbocycles. The number of phosphoric ester groups is 1. The molecule has 0 unspecified atom stereocenters. The average molecular weight is 496 g/mol. The van der Waals surface area contributed by atoms with E-state index in [1.54, 1.807) is 12.1 Å². The fourth-order valence-corrected chi connectivity index (χ4v) is 4.26. The van der Waals surface area contributed by atoms with Gasteiger partial charge in [-0.2, -0.15) is 0 Å². The molecule has 3 aromatic rings. The molecule has 0 atom stereocenters. The summed E-state index contributed by atoms with van der Waals surface area (Å²) in [5.41, 5.74) is 6.62. The zero-order valence-electron chi connectivity index (χ0n) is 20.8. The number of hydrogen-bond acceptors (Lipinski definition) is 4. The molecule has 0 fully saturated rings. The molecule has 0 radical (unpaired) electrons. The lowest BCUT2D eigenvalue weighted by atomic mass is 9.88. The Kier molecular flexibility index (Phi) is 9.30. The third-order valence-electron chi connectivity index (χ3n) is 5.68. The first kappa shape index (κ1) is 26.7. The number of allylic oxidation sites excluding steroid dienone is 1. The molecule has 0 saturated heterocycles. The van der Waals surface area contributed by atoms with Gasteiger partial charge in [-0.15, -0.1) is 0 Å². The van der Waals surface area contributed by atoms with Crippen molar-refractivity contribution in [3.63, 3.8) is 0 Å². The van der Waals surface area contributed by atoms with Gasteiger partial charge in [-0.1, -0.05) is 62.4 Å². The van der Waals surface area contributed by atoms with Gasteiger partial charge in [-0.05, 0) is 84.6 Å². The van der Waals surface area contributed by atoms with Gasteiger partial charge < -0.3 is 14.2 Å². The van der Waals surface area contributed by atoms with E-state index in [0.29, 0.717) is 6.61 Å². The van der Waals surface area contributed by atoms with Crippen molar-refractivity contribution in [2.45, 2.75) is 26.7 Å². The number of phosphoric acid groups is 1. The molecule has 0 amide bonds. The van der Waals surface area contributed by atoms with Crippen LogP contribution in [0.4, 0.5) is 0 Å². The molecule has 0 heterocycles. The van der Waals surface area contributed by atoms with Crippen LogP contribution >= 0.6 is 7.82 Å². The minimum atomic E-state index is -4.62. The van der Waals surface area contributed by atoms with Crippen LogP contribution in [0.3, 0.4) is 0 Å². The largest absolute Gasteiger partial charge is 0.524 e. The first-order valence-corrected chi connectivity index (χ1v) is 13.3. The van der Waals surface area contributed by atoms with Crippen LogP contribution in [0.2, 0.25) is 0 Å². The Balaban J connectivity index is 2.04. The maximum absolute atomic E-state index is 11.2. The van der Waals surface area contributed by atoms with E-state index in [-0.39, 0.29) is 5.75 Å². The van der Waals surface area contributed by atoms with Crippen molar-refractivity contribution in [1.29, 1.82) is 0 Å². The minimum absolute atomic E-state index is 0.122. The lowest BCUT2D eigenvalue weighted by Gasteiger charge is -2.18. The fourth-order valence-electron chi connectivity index (χ4n) is 3.87. The van der Waals surface area contributed by atoms with E-state index in [1.807, 2.05) is 38.4 Å². The van der Waals surface area contributed by atoms with Gasteiger partial charge in [-0.25, -0.2) is 4.57 Å². The van der Waals surface area contributed by atoms with Gasteiger partial charge in [0.1, 0.15) is 18.1 Å². The van der Waals surface area contributed by atoms with Crippen molar-refractivity contribution in [2.75, 3.05) is 27.2 Å². The van der Waals surface area contributed by atoms with E-state index in [1.165, 1.54) is 11.1 Å². The Morgan fingerprint density at radius 1 is 0.800 bits per heavy atom. The second-order valence-corrected chi connectivity index (χ2v) is 9.70. The van der Waals surface area contributed by atoms with Crippen molar-refractivity contribution < 1.29 is 23.6 Å². The normalized spacial score (nSPS) is 12.4. The van der Waals surface area contributed by atoms with Crippen molar-refractivity contribution >= 4 is 19.0 Å². The van der Waals surface area contributed by atoms with Gasteiger partial charge in [0.2, 0.25) is 0 Å². The van der Waals surface area contributed by atoms with Crippen LogP contribution in [0.1, 0.15) is 42.5 Å². The van der Waals surface area contributed by atoms with Crippen LogP contribution in [0.5, 0.6) is 11.5 Å². The average Bonchev–Trinajstić information content (AvgIpc) is 2.83. The molecule has 0 spiro atoms. The summed E-state index contributed by atoms with van der Waals surface area (Å²) >= 11 is 0. The lowest BCUT2D eigenvalue weighted by molar-refractivity contribution is 0.261. The highest BCUT2D eigenvalue weighted by molar-refractivity contribution is 7.46. The molecule has 7 heteroatoms. The van der Waals surface area contributed by atoms with Crippen molar-refractivity contribution in [3.05, 3.63) is 95.1 Å². The van der Waals surface area contributed by atoms with Crippen molar-refractivity contribution in [2.24, 2.45) is 0 Å². The number of nitrogens with zero attached hydrogens (tertiary/aromatic N) is 1. The second-order valence-electron chi connectivity index (χ2n) is 8.54. The number of benzene rings is 3. The third kappa shape index (κ3) is 7.81. The summed E-state index contributed by atoms with van der Waals surface area (Å²) in [6.07, 6.45) is 1.79. The molecular formula is C28H34NO5P. The molecule has 3 rings (SSSR count). The van der Waals surface area contributed by atoms with E-state index in [0.717, 1.165) is 47.4 Å². The highest BCUT2D eigenvalue weighted by Crippen LogP contribution is 2.39. The van der Waals surface area contributed by atoms with Crippen LogP contribution in [-0.4, -0.2) is 41.9 Å². The minimum Gasteiger partial charge on any atom is -0.492 e. The van der Waals surface area contributed by atoms with Crippen molar-refractivity contribution in [1.82, 2.24) is 4.90 Å². The molecule has 2 N–H and O–H groups in total. The number of hydrogen-bond donors (Lipinski definition) is 2. The molecule has 0 bridgehead atoms. The van der Waals surface area contributed by atoms with E-state index < -0.39 is 7.82 Å². The van der Waals surface area contributed by atoms with Gasteiger partial charge in [0, 0.05) is 6.54 Å². The SMILES string of the molecule is CCC(=C(c1ccc(OCCN(C)C)cc1)c1ccc(OP(=O)(O)O)cc1)c1ccc(CC)cc1. The van der Waals surface area contributed by atoms with E-state index in [4.69, 9.17) is 19.0 Å². The highest BCUT2D eigenvalue weighted by atomic mass is 31.2. The molecule has 0 aliphatic rings. The fraction of sp³-hybridized carbons (Fsp3) is 0.286. The third-order valence-corrected chi connectivity index (χ3v) is 6.13. The maximum Gasteiger partial charge on any atom is 0.524 e. The molecule has 3 aromatic carbocycles. The summed E-state index contributed by atoms with van der Waals surface area (Å²) in [6, 6.07) is 23.5. The molecule has 0 aromatic heterocycles. The molecule has 0 aliphatic carbocycles. The van der Waals surface area contributed by atoms with E-state index >= 15 is 0 Å². The predicted molar refractivity (Wildman–Crippen MR) is 142 cm³/mol. The summed E-state index contributed by atoms with van der Waals surface area (Å²) in [4.78, 5) is 20.3. The van der Waals surface area contributed by atoms with Gasteiger partial charge in [0.15, 0.2) is 0 Å². The topological polar surface area (TPSA) is 79.2 Å². The van der Waals surface area contributed by atoms with Crippen LogP contribution in [-0.2, 0) is 11.0 Å². The highest BCUT2D eigenvalue weighted by Gasteiger charge is 2.17. The zero-order chi connectivity index (χ0) is 25.4. The summed E-state index contributed by atoms with van der Waals surface area (Å²) in [5.74, 6) is 0.933. The zero-order valence-corrected chi connectivity index (χ0v) is 21.7. The standard InChI is InChI=1S/C28H34NO5P/c1-5-21-7-9-22(10-8-21)27(6-2)28(24-13-17-26(18-14-24)34-35(30,31)32)23-11-15-25(16-12-23)33-20-19-29(3)4/h7-18H,5-6,19-20H2,1-4H3,(H2,30,31,32). The Morgan fingerprint density at radius 3 is 1.77 bits per heavy atom. The predicted octanol–water partition coefficient (Wildman–Crippen LogP) is 6.03. The molecule has 6 nitrogen and oxygen atoms in total. The van der Waals surface area contributed by atoms with Crippen LogP contribution < -0.4 is 9.26 Å². The van der Waals surface area contributed by atoms with Crippen molar-refractivity contribution in [3.8, 4) is 11.5 Å². The lowest BCUT2D eigenvalue weighted by Crippen LogP contribution is -2.19. The van der Waals surface area contributed by atoms with Crippen LogP contribution in [0.15, 0.2) is 72.8 Å².